The van der Waals surface area contributed by atoms with E-state index in [1.165, 1.54) is 36.7 Å². The van der Waals surface area contributed by atoms with Crippen LogP contribution >= 0.6 is 11.3 Å². The van der Waals surface area contributed by atoms with Crippen molar-refractivity contribution < 1.29 is 18.7 Å². The van der Waals surface area contributed by atoms with Crippen LogP contribution in [0.25, 0.3) is 10.2 Å². The second-order valence-corrected chi connectivity index (χ2v) is 10.9. The van der Waals surface area contributed by atoms with Crippen molar-refractivity contribution in [3.05, 3.63) is 40.8 Å². The molecule has 2 aromatic heterocycles. The standard InChI is InChI=1S/C27H35FN6O3S/c1-16-23-25(30-15-31-27(23)38-24(16)26(36)29-12-5-13-34(3)4)33-21-11-6-18(28)14-22(21)37-20-9-7-19(8-10-20)32-17(2)35/h6,11,14-15,19-20H,5,7-10,12-13H2,1-4H3,(H,29,36)(H,32,35)(H,30,31,33). The number of aryl methyl sites for hydroxylation is 1. The van der Waals surface area contributed by atoms with Crippen LogP contribution in [0.4, 0.5) is 15.9 Å². The fourth-order valence-electron chi connectivity index (χ4n) is 4.68. The molecule has 1 aromatic carbocycles. The van der Waals surface area contributed by atoms with E-state index in [9.17, 15) is 14.0 Å². The molecule has 0 saturated heterocycles. The van der Waals surface area contributed by atoms with E-state index in [0.717, 1.165) is 49.6 Å². The van der Waals surface area contributed by atoms with Gasteiger partial charge in [-0.05, 0) is 77.4 Å². The number of amides is 2. The van der Waals surface area contributed by atoms with Crippen LogP contribution in [0.5, 0.6) is 5.75 Å². The fraction of sp³-hybridized carbons (Fsp3) is 0.481. The van der Waals surface area contributed by atoms with Crippen molar-refractivity contribution in [2.24, 2.45) is 0 Å². The van der Waals surface area contributed by atoms with Crippen LogP contribution in [-0.4, -0.2) is 66.0 Å². The highest BCUT2D eigenvalue weighted by molar-refractivity contribution is 7.20. The molecule has 204 valence electrons. The van der Waals surface area contributed by atoms with Gasteiger partial charge in [-0.1, -0.05) is 0 Å². The van der Waals surface area contributed by atoms with Crippen LogP contribution in [0.2, 0.25) is 0 Å². The summed E-state index contributed by atoms with van der Waals surface area (Å²) in [6, 6.07) is 4.51. The fourth-order valence-corrected chi connectivity index (χ4v) is 5.74. The van der Waals surface area contributed by atoms with Crippen molar-refractivity contribution in [2.45, 2.75) is 58.1 Å². The predicted molar refractivity (Wildman–Crippen MR) is 148 cm³/mol. The molecule has 4 rings (SSSR count). The minimum absolute atomic E-state index is 0.0316. The number of ether oxygens (including phenoxy) is 1. The van der Waals surface area contributed by atoms with Gasteiger partial charge in [-0.2, -0.15) is 0 Å². The van der Waals surface area contributed by atoms with Gasteiger partial charge in [0.15, 0.2) is 0 Å². The van der Waals surface area contributed by atoms with Gasteiger partial charge in [0.2, 0.25) is 5.91 Å². The SMILES string of the molecule is CC(=O)NC1CCC(Oc2cc(F)ccc2Nc2ncnc3sc(C(=O)NCCCN(C)C)c(C)c23)CC1. The normalized spacial score (nSPS) is 17.4. The summed E-state index contributed by atoms with van der Waals surface area (Å²) in [6.45, 7) is 4.89. The van der Waals surface area contributed by atoms with Gasteiger partial charge >= 0.3 is 0 Å². The van der Waals surface area contributed by atoms with Gasteiger partial charge in [0.05, 0.1) is 22.1 Å². The first-order valence-corrected chi connectivity index (χ1v) is 13.7. The summed E-state index contributed by atoms with van der Waals surface area (Å²) >= 11 is 1.33. The first kappa shape index (κ1) is 27.7. The quantitative estimate of drug-likeness (QED) is 0.326. The summed E-state index contributed by atoms with van der Waals surface area (Å²) in [5, 5.41) is 10.00. The van der Waals surface area contributed by atoms with Crippen LogP contribution in [0, 0.1) is 12.7 Å². The number of benzene rings is 1. The lowest BCUT2D eigenvalue weighted by atomic mass is 9.93. The number of anilines is 2. The first-order valence-electron chi connectivity index (χ1n) is 12.9. The van der Waals surface area contributed by atoms with Crippen molar-refractivity contribution >= 4 is 44.9 Å². The third-order valence-electron chi connectivity index (χ3n) is 6.57. The Balaban J connectivity index is 1.51. The zero-order chi connectivity index (χ0) is 27.2. The Bertz CT molecular complexity index is 1290. The van der Waals surface area contributed by atoms with Crippen LogP contribution in [0.1, 0.15) is 54.3 Å². The van der Waals surface area contributed by atoms with Crippen molar-refractivity contribution in [2.75, 3.05) is 32.5 Å². The molecule has 38 heavy (non-hydrogen) atoms. The Hall–Kier alpha value is -3.31. The summed E-state index contributed by atoms with van der Waals surface area (Å²) in [5.74, 6) is 0.365. The van der Waals surface area contributed by atoms with Gasteiger partial charge < -0.3 is 25.6 Å². The number of hydrogen-bond donors (Lipinski definition) is 3. The van der Waals surface area contributed by atoms with Crippen LogP contribution in [0.15, 0.2) is 24.5 Å². The van der Waals surface area contributed by atoms with Crippen molar-refractivity contribution in [3.63, 3.8) is 0 Å². The van der Waals surface area contributed by atoms with Crippen LogP contribution in [-0.2, 0) is 4.79 Å². The molecule has 2 amide bonds. The maximum Gasteiger partial charge on any atom is 0.261 e. The third kappa shape index (κ3) is 6.96. The van der Waals surface area contributed by atoms with Crippen LogP contribution in [0.3, 0.4) is 0 Å². The number of nitrogens with zero attached hydrogens (tertiary/aromatic N) is 3. The molecule has 1 saturated carbocycles. The lowest BCUT2D eigenvalue weighted by Gasteiger charge is -2.30. The zero-order valence-electron chi connectivity index (χ0n) is 22.3. The van der Waals surface area contributed by atoms with Gasteiger partial charge in [-0.25, -0.2) is 14.4 Å². The van der Waals surface area contributed by atoms with E-state index in [1.54, 1.807) is 6.07 Å². The number of carbonyl (C=O) groups is 2. The van der Waals surface area contributed by atoms with E-state index in [1.807, 2.05) is 21.0 Å². The minimum atomic E-state index is -0.398. The second kappa shape index (κ2) is 12.5. The molecule has 2 heterocycles. The summed E-state index contributed by atoms with van der Waals surface area (Å²) in [6.07, 6.45) is 5.36. The number of thiophene rings is 1. The van der Waals surface area contributed by atoms with Crippen molar-refractivity contribution in [1.29, 1.82) is 0 Å². The number of rotatable bonds is 10. The molecule has 1 fully saturated rings. The van der Waals surface area contributed by atoms with E-state index in [4.69, 9.17) is 4.74 Å². The molecule has 0 atom stereocenters. The average Bonchev–Trinajstić information content (AvgIpc) is 3.21. The predicted octanol–water partition coefficient (Wildman–Crippen LogP) is 4.39. The Morgan fingerprint density at radius 2 is 1.95 bits per heavy atom. The Labute approximate surface area is 226 Å². The Morgan fingerprint density at radius 1 is 1.18 bits per heavy atom. The topological polar surface area (TPSA) is 108 Å². The number of halogens is 1. The molecular formula is C27H35FN6O3S. The van der Waals surface area contributed by atoms with Crippen LogP contribution < -0.4 is 20.7 Å². The Kier molecular flexibility index (Phi) is 9.11. The highest BCUT2D eigenvalue weighted by Crippen LogP contribution is 2.37. The van der Waals surface area contributed by atoms with E-state index >= 15 is 0 Å². The summed E-state index contributed by atoms with van der Waals surface area (Å²) in [7, 11) is 4.00. The number of aromatic nitrogens is 2. The molecule has 0 aliphatic heterocycles. The van der Waals surface area contributed by atoms with Gasteiger partial charge in [0.1, 0.15) is 28.5 Å². The monoisotopic (exact) mass is 542 g/mol. The molecule has 3 N–H and O–H groups in total. The van der Waals surface area contributed by atoms with Gasteiger partial charge in [0.25, 0.3) is 5.91 Å². The van der Waals surface area contributed by atoms with E-state index < -0.39 is 5.82 Å². The van der Waals surface area contributed by atoms with E-state index in [-0.39, 0.29) is 24.0 Å². The maximum absolute atomic E-state index is 14.2. The van der Waals surface area contributed by atoms with Gasteiger partial charge in [0, 0.05) is 25.6 Å². The molecule has 3 aromatic rings. The van der Waals surface area contributed by atoms with E-state index in [2.05, 4.69) is 30.8 Å². The molecule has 1 aliphatic rings. The number of hydrogen-bond acceptors (Lipinski definition) is 8. The maximum atomic E-state index is 14.2. The Morgan fingerprint density at radius 3 is 2.66 bits per heavy atom. The van der Waals surface area contributed by atoms with Gasteiger partial charge in [-0.3, -0.25) is 9.59 Å². The molecular weight excluding hydrogens is 507 g/mol. The number of fused-ring (bicyclic) bond motifs is 1. The lowest BCUT2D eigenvalue weighted by Crippen LogP contribution is -2.38. The molecule has 1 aliphatic carbocycles. The zero-order valence-corrected chi connectivity index (χ0v) is 23.1. The third-order valence-corrected chi connectivity index (χ3v) is 7.77. The minimum Gasteiger partial charge on any atom is -0.488 e. The molecule has 11 heteroatoms. The summed E-state index contributed by atoms with van der Waals surface area (Å²) < 4.78 is 20.4. The first-order chi connectivity index (χ1) is 18.2. The highest BCUT2D eigenvalue weighted by atomic mass is 32.1. The van der Waals surface area contributed by atoms with Gasteiger partial charge in [-0.15, -0.1) is 11.3 Å². The molecule has 0 spiro atoms. The van der Waals surface area contributed by atoms with Crippen molar-refractivity contribution in [3.8, 4) is 5.75 Å². The number of nitrogens with one attached hydrogen (secondary N) is 3. The largest absolute Gasteiger partial charge is 0.488 e. The average molecular weight is 543 g/mol. The molecule has 0 unspecified atom stereocenters. The van der Waals surface area contributed by atoms with E-state index in [0.29, 0.717) is 33.5 Å². The highest BCUT2D eigenvalue weighted by Gasteiger charge is 2.25. The number of carbonyl (C=O) groups excluding carboxylic acids is 2. The lowest BCUT2D eigenvalue weighted by molar-refractivity contribution is -0.120. The molecule has 0 bridgehead atoms. The summed E-state index contributed by atoms with van der Waals surface area (Å²) in [5.41, 5.74) is 1.37. The smallest absolute Gasteiger partial charge is 0.261 e. The van der Waals surface area contributed by atoms with Crippen molar-refractivity contribution in [1.82, 2.24) is 25.5 Å². The summed E-state index contributed by atoms with van der Waals surface area (Å²) in [4.78, 5) is 36.4. The molecule has 9 nitrogen and oxygen atoms in total. The molecule has 0 radical (unpaired) electrons. The second-order valence-electron chi connectivity index (χ2n) is 9.93.